The van der Waals surface area contributed by atoms with Crippen molar-refractivity contribution in [3.05, 3.63) is 87.4 Å². The number of sulfonamides is 1. The quantitative estimate of drug-likeness (QED) is 0.343. The molecule has 0 aliphatic carbocycles. The molecule has 0 heterocycles. The van der Waals surface area contributed by atoms with E-state index in [1.807, 2.05) is 0 Å². The second kappa shape index (κ2) is 8.41. The number of anilines is 1. The molecule has 144 valence electrons. The van der Waals surface area contributed by atoms with Crippen LogP contribution in [0.5, 0.6) is 5.75 Å². The highest BCUT2D eigenvalue weighted by Crippen LogP contribution is 2.40. The van der Waals surface area contributed by atoms with E-state index in [-0.39, 0.29) is 31.5 Å². The molecular weight excluding hydrogens is 443 g/mol. The molecule has 3 rings (SSSR count). The van der Waals surface area contributed by atoms with Crippen molar-refractivity contribution >= 4 is 56.3 Å². The van der Waals surface area contributed by atoms with Gasteiger partial charge >= 0.3 is 0 Å². The Hall–Kier alpha value is -2.25. The van der Waals surface area contributed by atoms with Crippen LogP contribution in [0.3, 0.4) is 0 Å². The number of halogens is 3. The maximum Gasteiger partial charge on any atom is 0.284 e. The van der Waals surface area contributed by atoms with Gasteiger partial charge in [-0.25, -0.2) is 0 Å². The van der Waals surface area contributed by atoms with Crippen LogP contribution in [0.2, 0.25) is 15.1 Å². The minimum absolute atomic E-state index is 0.00265. The third-order valence-electron chi connectivity index (χ3n) is 3.67. The highest BCUT2D eigenvalue weighted by Gasteiger charge is 2.17. The lowest BCUT2D eigenvalue weighted by Crippen LogP contribution is -2.17. The third-order valence-corrected chi connectivity index (χ3v) is 6.09. The number of benzene rings is 3. The predicted molar refractivity (Wildman–Crippen MR) is 111 cm³/mol. The summed E-state index contributed by atoms with van der Waals surface area (Å²) >= 11 is 17.9. The number of nitrogens with one attached hydrogen (secondary N) is 1. The summed E-state index contributed by atoms with van der Waals surface area (Å²) in [5, 5.41) is 14.1. The molecular formula is C19H12Cl3N2O3S-. The number of hydrogen-bond donors (Lipinski definition) is 1. The lowest BCUT2D eigenvalue weighted by atomic mass is 10.2. The molecule has 0 bridgehead atoms. The molecule has 0 fully saturated rings. The largest absolute Gasteiger partial charge is 0.870 e. The highest BCUT2D eigenvalue weighted by molar-refractivity contribution is 7.90. The van der Waals surface area contributed by atoms with Gasteiger partial charge in [-0.1, -0.05) is 89.1 Å². The number of amidine groups is 1. The smallest absolute Gasteiger partial charge is 0.284 e. The molecule has 3 aromatic rings. The fourth-order valence-corrected chi connectivity index (χ4v) is 3.95. The zero-order valence-corrected chi connectivity index (χ0v) is 17.1. The van der Waals surface area contributed by atoms with E-state index in [0.29, 0.717) is 5.56 Å². The lowest BCUT2D eigenvalue weighted by molar-refractivity contribution is -0.267. The predicted octanol–water partition coefficient (Wildman–Crippen LogP) is 4.97. The first-order valence-corrected chi connectivity index (χ1v) is 10.4. The topological polar surface area (TPSA) is 81.6 Å². The van der Waals surface area contributed by atoms with Gasteiger partial charge in [0.05, 0.1) is 20.6 Å². The van der Waals surface area contributed by atoms with E-state index in [4.69, 9.17) is 34.8 Å². The van der Waals surface area contributed by atoms with E-state index in [0.717, 1.165) is 0 Å². The van der Waals surface area contributed by atoms with Crippen molar-refractivity contribution < 1.29 is 13.5 Å². The maximum atomic E-state index is 12.7. The summed E-state index contributed by atoms with van der Waals surface area (Å²) in [6, 6.07) is 17.6. The molecule has 3 aromatic carbocycles. The minimum atomic E-state index is -4.01. The van der Waals surface area contributed by atoms with Crippen molar-refractivity contribution in [1.82, 2.24) is 0 Å². The number of hydrogen-bond acceptors (Lipinski definition) is 3. The van der Waals surface area contributed by atoms with Gasteiger partial charge in [-0.2, -0.15) is 8.42 Å². The molecule has 0 saturated heterocycles. The van der Waals surface area contributed by atoms with Crippen LogP contribution in [0.1, 0.15) is 5.56 Å². The molecule has 9 heteroatoms. The van der Waals surface area contributed by atoms with Crippen LogP contribution in [-0.2, 0) is 10.0 Å². The van der Waals surface area contributed by atoms with Crippen molar-refractivity contribution in [2.24, 2.45) is 4.40 Å². The Labute approximate surface area is 177 Å². The van der Waals surface area contributed by atoms with Gasteiger partial charge in [0, 0.05) is 10.6 Å². The van der Waals surface area contributed by atoms with E-state index in [2.05, 4.69) is 9.71 Å². The van der Waals surface area contributed by atoms with Crippen molar-refractivity contribution in [2.45, 2.75) is 4.90 Å². The van der Waals surface area contributed by atoms with Crippen molar-refractivity contribution in [1.29, 1.82) is 0 Å². The Balaban J connectivity index is 2.13. The summed E-state index contributed by atoms with van der Waals surface area (Å²) in [4.78, 5) is 0.0299. The normalized spacial score (nSPS) is 12.0. The van der Waals surface area contributed by atoms with Crippen LogP contribution in [0.4, 0.5) is 5.69 Å². The second-order valence-corrected chi connectivity index (χ2v) is 8.35. The van der Waals surface area contributed by atoms with Crippen molar-refractivity contribution in [3.63, 3.8) is 0 Å². The van der Waals surface area contributed by atoms with Gasteiger partial charge in [0.25, 0.3) is 10.0 Å². The van der Waals surface area contributed by atoms with Gasteiger partial charge in [0.2, 0.25) is 0 Å². The average Bonchev–Trinajstić information content (AvgIpc) is 2.71. The summed E-state index contributed by atoms with van der Waals surface area (Å²) in [6.07, 6.45) is 0. The van der Waals surface area contributed by atoms with Gasteiger partial charge in [-0.15, -0.1) is 4.40 Å². The van der Waals surface area contributed by atoms with E-state index in [9.17, 15) is 13.5 Å². The molecule has 0 radical (unpaired) electrons. The van der Waals surface area contributed by atoms with Crippen LogP contribution in [-0.4, -0.2) is 14.3 Å². The molecule has 0 atom stereocenters. The number of nitrogens with zero attached hydrogens (tertiary/aromatic N) is 1. The zero-order chi connectivity index (χ0) is 20.3. The molecule has 0 spiro atoms. The first kappa shape index (κ1) is 20.5. The first-order valence-electron chi connectivity index (χ1n) is 7.86. The van der Waals surface area contributed by atoms with Crippen LogP contribution in [0.25, 0.3) is 0 Å². The molecule has 28 heavy (non-hydrogen) atoms. The molecule has 0 amide bonds. The van der Waals surface area contributed by atoms with Crippen LogP contribution in [0, 0.1) is 0 Å². The second-order valence-electron chi connectivity index (χ2n) is 5.58. The minimum Gasteiger partial charge on any atom is -0.870 e. The first-order chi connectivity index (χ1) is 13.3. The Morgan fingerprint density at radius 3 is 2.07 bits per heavy atom. The van der Waals surface area contributed by atoms with Crippen molar-refractivity contribution in [2.75, 3.05) is 5.32 Å². The zero-order valence-electron chi connectivity index (χ0n) is 14.1. The molecule has 0 aliphatic rings. The van der Waals surface area contributed by atoms with E-state index >= 15 is 0 Å². The summed E-state index contributed by atoms with van der Waals surface area (Å²) in [5.41, 5.74) is 0.638. The van der Waals surface area contributed by atoms with Crippen LogP contribution in [0.15, 0.2) is 76.0 Å². The molecule has 5 nitrogen and oxygen atoms in total. The van der Waals surface area contributed by atoms with E-state index < -0.39 is 15.8 Å². The molecule has 0 aromatic heterocycles. The average molecular weight is 455 g/mol. The van der Waals surface area contributed by atoms with Gasteiger partial charge in [-0.3, -0.25) is 0 Å². The molecule has 1 N–H and O–H groups in total. The van der Waals surface area contributed by atoms with Crippen molar-refractivity contribution in [3.8, 4) is 5.75 Å². The summed E-state index contributed by atoms with van der Waals surface area (Å²) in [5.74, 6) is -0.619. The van der Waals surface area contributed by atoms with Crippen LogP contribution >= 0.6 is 34.8 Å². The molecule has 0 saturated carbocycles. The van der Waals surface area contributed by atoms with E-state index in [1.165, 1.54) is 18.2 Å². The fraction of sp³-hybridized carbons (Fsp3) is 0. The standard InChI is InChI=1S/C19H13Cl3N2O3S/c20-14-11-15(16(21)17(22)18(14)25)23-19(12-7-3-1-4-8-12)24-28(26,27)13-9-5-2-6-10-13/h1-11,25H,(H,23,24)/p-1. The molecule has 0 aliphatic heterocycles. The van der Waals surface area contributed by atoms with Gasteiger partial charge < -0.3 is 10.4 Å². The summed E-state index contributed by atoms with van der Waals surface area (Å²) < 4.78 is 29.4. The van der Waals surface area contributed by atoms with Gasteiger partial charge in [-0.05, 0) is 18.2 Å². The van der Waals surface area contributed by atoms with Gasteiger partial charge in [0.15, 0.2) is 5.84 Å². The number of rotatable bonds is 4. The Kier molecular flexibility index (Phi) is 6.15. The SMILES string of the molecule is O=S(=O)(N=C(Nc1cc(Cl)c([O-])c(Cl)c1Cl)c1ccccc1)c1ccccc1. The Morgan fingerprint density at radius 2 is 1.46 bits per heavy atom. The summed E-state index contributed by atoms with van der Waals surface area (Å²) in [6.45, 7) is 0. The fourth-order valence-electron chi connectivity index (χ4n) is 2.31. The Morgan fingerprint density at radius 1 is 0.893 bits per heavy atom. The molecule has 0 unspecified atom stereocenters. The maximum absolute atomic E-state index is 12.7. The summed E-state index contributed by atoms with van der Waals surface area (Å²) in [7, 11) is -4.01. The lowest BCUT2D eigenvalue weighted by Gasteiger charge is -2.18. The van der Waals surface area contributed by atoms with Gasteiger partial charge in [0.1, 0.15) is 0 Å². The highest BCUT2D eigenvalue weighted by atomic mass is 35.5. The van der Waals surface area contributed by atoms with E-state index in [1.54, 1.807) is 48.5 Å². The van der Waals surface area contributed by atoms with Crippen LogP contribution < -0.4 is 10.4 Å². The third kappa shape index (κ3) is 4.42. The Bertz CT molecular complexity index is 1140. The monoisotopic (exact) mass is 453 g/mol.